The summed E-state index contributed by atoms with van der Waals surface area (Å²) in [6, 6.07) is 9.46. The largest absolute Gasteiger partial charge is 0.356 e. The Morgan fingerprint density at radius 2 is 2.13 bits per heavy atom. The standard InChI is InChI=1S/C21H26FN5O2S/c1-2-10-23-21(29)15-5-4-11-27(13-15)18-8-9-20(26-25-18)30-14-19(28)24-17-7-3-6-16(22)12-17/h3,6-9,12,15H,2,4-5,10-11,13-14H2,1H3,(H,23,29)(H,24,28). The van der Waals surface area contributed by atoms with Gasteiger partial charge in [-0.25, -0.2) is 4.39 Å². The van der Waals surface area contributed by atoms with Gasteiger partial charge in [-0.1, -0.05) is 24.8 Å². The Labute approximate surface area is 179 Å². The fraction of sp³-hybridized carbons (Fsp3) is 0.429. The SMILES string of the molecule is CCCNC(=O)C1CCCN(c2ccc(SCC(=O)Nc3cccc(F)c3)nn2)C1. The number of anilines is 2. The van der Waals surface area contributed by atoms with Crippen molar-refractivity contribution in [3.8, 4) is 0 Å². The minimum absolute atomic E-state index is 0.0346. The van der Waals surface area contributed by atoms with Gasteiger partial charge in [0.25, 0.3) is 0 Å². The third kappa shape index (κ3) is 6.41. The topological polar surface area (TPSA) is 87.2 Å². The molecule has 1 aliphatic rings. The van der Waals surface area contributed by atoms with Gasteiger partial charge < -0.3 is 15.5 Å². The molecule has 2 aromatic rings. The van der Waals surface area contributed by atoms with Gasteiger partial charge in [0.2, 0.25) is 11.8 Å². The number of carbonyl (C=O) groups is 2. The summed E-state index contributed by atoms with van der Waals surface area (Å²) in [4.78, 5) is 26.4. The maximum Gasteiger partial charge on any atom is 0.234 e. The van der Waals surface area contributed by atoms with Crippen molar-refractivity contribution in [2.45, 2.75) is 31.2 Å². The number of rotatable bonds is 8. The van der Waals surface area contributed by atoms with Crippen LogP contribution in [0.15, 0.2) is 41.4 Å². The third-order valence-electron chi connectivity index (χ3n) is 4.75. The maximum atomic E-state index is 13.2. The van der Waals surface area contributed by atoms with E-state index in [0.29, 0.717) is 23.8 Å². The average molecular weight is 432 g/mol. The number of halogens is 1. The summed E-state index contributed by atoms with van der Waals surface area (Å²) >= 11 is 1.26. The van der Waals surface area contributed by atoms with Crippen LogP contribution in [0.2, 0.25) is 0 Å². The molecule has 1 aromatic heterocycles. The lowest BCUT2D eigenvalue weighted by Gasteiger charge is -2.32. The first-order valence-corrected chi connectivity index (χ1v) is 11.1. The van der Waals surface area contributed by atoms with Crippen LogP contribution in [0.4, 0.5) is 15.9 Å². The van der Waals surface area contributed by atoms with Crippen molar-refractivity contribution in [2.24, 2.45) is 5.92 Å². The Hall–Kier alpha value is -2.68. The van der Waals surface area contributed by atoms with E-state index in [9.17, 15) is 14.0 Å². The zero-order chi connectivity index (χ0) is 21.3. The first-order chi connectivity index (χ1) is 14.5. The molecule has 1 aliphatic heterocycles. The molecule has 1 atom stereocenters. The number of aromatic nitrogens is 2. The van der Waals surface area contributed by atoms with E-state index in [1.165, 1.54) is 23.9 Å². The molecule has 3 rings (SSSR count). The molecule has 1 fully saturated rings. The second kappa shape index (κ2) is 10.9. The molecule has 30 heavy (non-hydrogen) atoms. The highest BCUT2D eigenvalue weighted by Gasteiger charge is 2.26. The Morgan fingerprint density at radius 1 is 1.27 bits per heavy atom. The predicted octanol–water partition coefficient (Wildman–Crippen LogP) is 3.09. The van der Waals surface area contributed by atoms with Gasteiger partial charge in [0.1, 0.15) is 10.8 Å². The van der Waals surface area contributed by atoms with Gasteiger partial charge in [0.05, 0.1) is 11.7 Å². The van der Waals surface area contributed by atoms with E-state index < -0.39 is 5.82 Å². The van der Waals surface area contributed by atoms with Crippen molar-refractivity contribution in [2.75, 3.05) is 35.6 Å². The van der Waals surface area contributed by atoms with Crippen molar-refractivity contribution >= 4 is 35.1 Å². The van der Waals surface area contributed by atoms with Gasteiger partial charge in [-0.2, -0.15) is 0 Å². The van der Waals surface area contributed by atoms with Crippen molar-refractivity contribution in [1.82, 2.24) is 15.5 Å². The summed E-state index contributed by atoms with van der Waals surface area (Å²) < 4.78 is 13.2. The number of hydrogen-bond acceptors (Lipinski definition) is 6. The summed E-state index contributed by atoms with van der Waals surface area (Å²) in [5.41, 5.74) is 0.421. The summed E-state index contributed by atoms with van der Waals surface area (Å²) in [6.07, 6.45) is 2.74. The van der Waals surface area contributed by atoms with Crippen molar-refractivity contribution in [3.63, 3.8) is 0 Å². The van der Waals surface area contributed by atoms with Crippen molar-refractivity contribution in [1.29, 1.82) is 0 Å². The third-order valence-corrected chi connectivity index (χ3v) is 5.67. The number of thioether (sulfide) groups is 1. The number of hydrogen-bond donors (Lipinski definition) is 2. The molecular weight excluding hydrogens is 405 g/mol. The zero-order valence-electron chi connectivity index (χ0n) is 16.9. The van der Waals surface area contributed by atoms with E-state index in [1.54, 1.807) is 12.1 Å². The molecule has 1 saturated heterocycles. The normalized spacial score (nSPS) is 16.2. The number of nitrogens with zero attached hydrogens (tertiary/aromatic N) is 3. The number of piperidine rings is 1. The number of nitrogens with one attached hydrogen (secondary N) is 2. The fourth-order valence-electron chi connectivity index (χ4n) is 3.25. The molecule has 0 radical (unpaired) electrons. The Morgan fingerprint density at radius 3 is 2.87 bits per heavy atom. The molecule has 160 valence electrons. The van der Waals surface area contributed by atoms with Crippen molar-refractivity contribution < 1.29 is 14.0 Å². The molecule has 1 aromatic carbocycles. The van der Waals surface area contributed by atoms with Gasteiger partial charge in [0, 0.05) is 25.3 Å². The summed E-state index contributed by atoms with van der Waals surface area (Å²) in [6.45, 7) is 4.21. The van der Waals surface area contributed by atoms with Crippen LogP contribution >= 0.6 is 11.8 Å². The molecule has 0 saturated carbocycles. The Bertz CT molecular complexity index is 865. The summed E-state index contributed by atoms with van der Waals surface area (Å²) in [5, 5.41) is 14.7. The second-order valence-electron chi connectivity index (χ2n) is 7.15. The Balaban J connectivity index is 1.49. The van der Waals surface area contributed by atoms with Crippen LogP contribution in [0.3, 0.4) is 0 Å². The maximum absolute atomic E-state index is 13.2. The van der Waals surface area contributed by atoms with Crippen molar-refractivity contribution in [3.05, 3.63) is 42.2 Å². The predicted molar refractivity (Wildman–Crippen MR) is 116 cm³/mol. The highest BCUT2D eigenvalue weighted by atomic mass is 32.2. The molecule has 9 heteroatoms. The van der Waals surface area contributed by atoms with Gasteiger partial charge >= 0.3 is 0 Å². The monoisotopic (exact) mass is 431 g/mol. The zero-order valence-corrected chi connectivity index (χ0v) is 17.8. The molecule has 0 bridgehead atoms. The van der Waals surface area contributed by atoms with Crippen LogP contribution in [0, 0.1) is 11.7 Å². The lowest BCUT2D eigenvalue weighted by molar-refractivity contribution is -0.125. The van der Waals surface area contributed by atoms with Gasteiger partial charge in [-0.05, 0) is 49.6 Å². The molecule has 0 aliphatic carbocycles. The van der Waals surface area contributed by atoms with E-state index in [4.69, 9.17) is 0 Å². The lowest BCUT2D eigenvalue weighted by Crippen LogP contribution is -2.43. The molecule has 2 heterocycles. The van der Waals surface area contributed by atoms with Crippen LogP contribution in [0.1, 0.15) is 26.2 Å². The first-order valence-electron chi connectivity index (χ1n) is 10.1. The molecule has 7 nitrogen and oxygen atoms in total. The van der Waals surface area contributed by atoms with Gasteiger partial charge in [-0.15, -0.1) is 10.2 Å². The first kappa shape index (κ1) is 22.0. The number of benzene rings is 1. The average Bonchev–Trinajstić information content (AvgIpc) is 2.76. The molecule has 0 spiro atoms. The van der Waals surface area contributed by atoms with E-state index in [2.05, 4.69) is 25.7 Å². The smallest absolute Gasteiger partial charge is 0.234 e. The Kier molecular flexibility index (Phi) is 8.01. The molecule has 2 amide bonds. The van der Waals surface area contributed by atoms with E-state index in [1.807, 2.05) is 19.1 Å². The minimum atomic E-state index is -0.398. The van der Waals surface area contributed by atoms with Gasteiger partial charge in [-0.3, -0.25) is 9.59 Å². The molecular formula is C21H26FN5O2S. The highest BCUT2D eigenvalue weighted by Crippen LogP contribution is 2.23. The van der Waals surface area contributed by atoms with Crippen LogP contribution in [-0.4, -0.2) is 47.4 Å². The van der Waals surface area contributed by atoms with E-state index >= 15 is 0 Å². The lowest BCUT2D eigenvalue weighted by atomic mass is 9.97. The van der Waals surface area contributed by atoms with Crippen LogP contribution in [0.25, 0.3) is 0 Å². The molecule has 1 unspecified atom stereocenters. The second-order valence-corrected chi connectivity index (χ2v) is 8.15. The van der Waals surface area contributed by atoms with E-state index in [-0.39, 0.29) is 23.5 Å². The van der Waals surface area contributed by atoms with Crippen LogP contribution in [-0.2, 0) is 9.59 Å². The highest BCUT2D eigenvalue weighted by molar-refractivity contribution is 7.99. The molecule has 2 N–H and O–H groups in total. The summed E-state index contributed by atoms with van der Waals surface area (Å²) in [7, 11) is 0. The van der Waals surface area contributed by atoms with E-state index in [0.717, 1.165) is 31.6 Å². The van der Waals surface area contributed by atoms with Crippen LogP contribution < -0.4 is 15.5 Å². The van der Waals surface area contributed by atoms with Gasteiger partial charge in [0.15, 0.2) is 5.82 Å². The fourth-order valence-corrected chi connectivity index (χ4v) is 3.87. The minimum Gasteiger partial charge on any atom is -0.356 e. The van der Waals surface area contributed by atoms with Crippen LogP contribution in [0.5, 0.6) is 0 Å². The summed E-state index contributed by atoms with van der Waals surface area (Å²) in [5.74, 6) is 0.307. The number of carbonyl (C=O) groups excluding carboxylic acids is 2. The quantitative estimate of drug-likeness (QED) is 0.625. The number of amides is 2.